The summed E-state index contributed by atoms with van der Waals surface area (Å²) in [5.74, 6) is -0.984. The van der Waals surface area contributed by atoms with Gasteiger partial charge in [-0.05, 0) is 49.4 Å². The van der Waals surface area contributed by atoms with Gasteiger partial charge in [-0.25, -0.2) is 9.37 Å². The highest BCUT2D eigenvalue weighted by atomic mass is 19.1. The van der Waals surface area contributed by atoms with Gasteiger partial charge in [0.05, 0.1) is 19.4 Å². The second-order valence-electron chi connectivity index (χ2n) is 7.12. The third-order valence-electron chi connectivity index (χ3n) is 4.43. The van der Waals surface area contributed by atoms with Crippen LogP contribution in [-0.4, -0.2) is 48.8 Å². The van der Waals surface area contributed by atoms with Gasteiger partial charge < -0.3 is 30.2 Å². The molecule has 10 nitrogen and oxygen atoms in total. The van der Waals surface area contributed by atoms with Crippen molar-refractivity contribution in [1.29, 1.82) is 0 Å². The first-order valence-corrected chi connectivity index (χ1v) is 11.8. The van der Waals surface area contributed by atoms with Crippen LogP contribution in [0, 0.1) is 5.82 Å². The van der Waals surface area contributed by atoms with Crippen LogP contribution in [0.3, 0.4) is 0 Å². The largest absolute Gasteiger partial charge is 0.491 e. The first-order valence-electron chi connectivity index (χ1n) is 11.8. The van der Waals surface area contributed by atoms with Crippen molar-refractivity contribution in [3.8, 4) is 5.75 Å². The first kappa shape index (κ1) is 29.0. The molecule has 0 atom stereocenters. The van der Waals surface area contributed by atoms with Gasteiger partial charge in [-0.2, -0.15) is 4.98 Å². The number of aromatic nitrogens is 2. The Labute approximate surface area is 215 Å². The third-order valence-corrected chi connectivity index (χ3v) is 4.43. The number of hydrogen-bond donors (Lipinski definition) is 3. The van der Waals surface area contributed by atoms with Crippen LogP contribution in [-0.2, 0) is 19.1 Å². The number of nitrogens with one attached hydrogen (secondary N) is 3. The van der Waals surface area contributed by atoms with Crippen molar-refractivity contribution in [3.05, 3.63) is 60.5 Å². The number of carbonyl (C=O) groups excluding carboxylic acids is 2. The van der Waals surface area contributed by atoms with Crippen molar-refractivity contribution in [2.24, 2.45) is 0 Å². The molecule has 1 aromatic heterocycles. The summed E-state index contributed by atoms with van der Waals surface area (Å²) in [6, 6.07) is 13.7. The average molecular weight is 514 g/mol. The third kappa shape index (κ3) is 10.1. The molecule has 37 heavy (non-hydrogen) atoms. The van der Waals surface area contributed by atoms with Gasteiger partial charge in [0.15, 0.2) is 11.6 Å². The number of methoxy groups -OCH3 is 1. The van der Waals surface area contributed by atoms with E-state index >= 15 is 0 Å². The summed E-state index contributed by atoms with van der Waals surface area (Å²) in [7, 11) is 1.60. The van der Waals surface area contributed by atoms with E-state index in [0.717, 1.165) is 6.20 Å². The highest BCUT2D eigenvalue weighted by molar-refractivity contribution is 6.02. The van der Waals surface area contributed by atoms with Gasteiger partial charge in [0.1, 0.15) is 18.8 Å². The lowest BCUT2D eigenvalue weighted by Gasteiger charge is -2.11. The molecule has 3 rings (SSSR count). The Bertz CT molecular complexity index is 1140. The van der Waals surface area contributed by atoms with Gasteiger partial charge >= 0.3 is 5.97 Å². The fraction of sp³-hybridized carbons (Fsp3) is 0.308. The molecule has 0 unspecified atom stereocenters. The SMILES string of the molecule is CC.CCOC(=O)CC(=O)Nc1cccc(Nc2nc(Nc3ccc(OCCOC)cc3)ncc2F)c1. The van der Waals surface area contributed by atoms with E-state index in [1.807, 2.05) is 13.8 Å². The Hall–Kier alpha value is -4.25. The van der Waals surface area contributed by atoms with Gasteiger partial charge in [0.2, 0.25) is 11.9 Å². The lowest BCUT2D eigenvalue weighted by Crippen LogP contribution is -2.18. The van der Waals surface area contributed by atoms with Crippen molar-refractivity contribution in [3.63, 3.8) is 0 Å². The number of benzene rings is 2. The minimum absolute atomic E-state index is 0.0583. The van der Waals surface area contributed by atoms with E-state index in [2.05, 4.69) is 25.9 Å². The molecule has 0 spiro atoms. The Morgan fingerprint density at radius 2 is 1.70 bits per heavy atom. The second-order valence-corrected chi connectivity index (χ2v) is 7.12. The second kappa shape index (κ2) is 15.7. The molecule has 0 aliphatic rings. The Kier molecular flexibility index (Phi) is 12.3. The van der Waals surface area contributed by atoms with E-state index in [1.165, 1.54) is 0 Å². The highest BCUT2D eigenvalue weighted by Gasteiger charge is 2.12. The Morgan fingerprint density at radius 1 is 0.973 bits per heavy atom. The summed E-state index contributed by atoms with van der Waals surface area (Å²) in [5.41, 5.74) is 1.58. The molecule has 0 bridgehead atoms. The molecule has 0 saturated heterocycles. The monoisotopic (exact) mass is 513 g/mol. The van der Waals surface area contributed by atoms with Crippen molar-refractivity contribution in [2.45, 2.75) is 27.2 Å². The molecule has 0 aliphatic carbocycles. The van der Waals surface area contributed by atoms with Crippen molar-refractivity contribution in [2.75, 3.05) is 42.9 Å². The van der Waals surface area contributed by atoms with Crippen molar-refractivity contribution in [1.82, 2.24) is 9.97 Å². The molecule has 0 fully saturated rings. The van der Waals surface area contributed by atoms with Crippen LogP contribution in [0.4, 0.5) is 33.2 Å². The number of anilines is 5. The van der Waals surface area contributed by atoms with E-state index in [4.69, 9.17) is 14.2 Å². The number of halogens is 1. The first-order chi connectivity index (χ1) is 18.0. The summed E-state index contributed by atoms with van der Waals surface area (Å²) >= 11 is 0. The number of carbonyl (C=O) groups is 2. The van der Waals surface area contributed by atoms with Crippen LogP contribution in [0.1, 0.15) is 27.2 Å². The fourth-order valence-electron chi connectivity index (χ4n) is 2.88. The zero-order valence-electron chi connectivity index (χ0n) is 21.3. The lowest BCUT2D eigenvalue weighted by molar-refractivity contribution is -0.145. The molecule has 1 amide bonds. The van der Waals surface area contributed by atoms with Gasteiger partial charge in [0.25, 0.3) is 0 Å². The van der Waals surface area contributed by atoms with Crippen LogP contribution in [0.5, 0.6) is 5.75 Å². The minimum atomic E-state index is -0.658. The standard InChI is InChI=1S/C24H26FN5O5.C2H6/c1-3-34-22(32)14-21(31)27-17-5-4-6-18(13-17)28-23-20(25)15-26-24(30-23)29-16-7-9-19(10-8-16)35-12-11-33-2;1-2/h4-10,13,15H,3,11-12,14H2,1-2H3,(H,27,31)(H2,26,28,29,30);1-2H3. The molecule has 11 heteroatoms. The average Bonchev–Trinajstić information content (AvgIpc) is 2.89. The maximum atomic E-state index is 14.4. The molecule has 3 N–H and O–H groups in total. The molecule has 0 radical (unpaired) electrons. The molecular weight excluding hydrogens is 481 g/mol. The minimum Gasteiger partial charge on any atom is -0.491 e. The topological polar surface area (TPSA) is 124 Å². The molecule has 3 aromatic rings. The van der Waals surface area contributed by atoms with Crippen molar-refractivity contribution < 1.29 is 28.2 Å². The Balaban J connectivity index is 0.00000235. The number of hydrogen-bond acceptors (Lipinski definition) is 9. The molecule has 0 aliphatic heterocycles. The summed E-state index contributed by atoms with van der Waals surface area (Å²) in [5, 5.41) is 8.48. The van der Waals surface area contributed by atoms with E-state index in [0.29, 0.717) is 36.0 Å². The number of rotatable bonds is 12. The van der Waals surface area contributed by atoms with E-state index in [1.54, 1.807) is 62.6 Å². The van der Waals surface area contributed by atoms with Gasteiger partial charge in [-0.15, -0.1) is 0 Å². The predicted octanol–water partition coefficient (Wildman–Crippen LogP) is 5.05. The highest BCUT2D eigenvalue weighted by Crippen LogP contribution is 2.23. The lowest BCUT2D eigenvalue weighted by atomic mass is 10.2. The van der Waals surface area contributed by atoms with Crippen LogP contribution < -0.4 is 20.7 Å². The number of esters is 1. The van der Waals surface area contributed by atoms with Gasteiger partial charge in [-0.3, -0.25) is 9.59 Å². The van der Waals surface area contributed by atoms with Crippen molar-refractivity contribution >= 4 is 40.7 Å². The van der Waals surface area contributed by atoms with E-state index in [-0.39, 0.29) is 18.4 Å². The number of amides is 1. The van der Waals surface area contributed by atoms with E-state index < -0.39 is 24.1 Å². The summed E-state index contributed by atoms with van der Waals surface area (Å²) in [6.45, 7) is 6.79. The maximum Gasteiger partial charge on any atom is 0.315 e. The number of ether oxygens (including phenoxy) is 3. The number of nitrogens with zero attached hydrogens (tertiary/aromatic N) is 2. The molecular formula is C26H32FN5O5. The summed E-state index contributed by atoms with van der Waals surface area (Å²) in [4.78, 5) is 31.6. The molecule has 1 heterocycles. The van der Waals surface area contributed by atoms with Gasteiger partial charge in [-0.1, -0.05) is 19.9 Å². The molecule has 0 saturated carbocycles. The normalized spacial score (nSPS) is 9.97. The fourth-order valence-corrected chi connectivity index (χ4v) is 2.88. The summed E-state index contributed by atoms with van der Waals surface area (Å²) < 4.78 is 29.6. The maximum absolute atomic E-state index is 14.4. The van der Waals surface area contributed by atoms with E-state index in [9.17, 15) is 14.0 Å². The zero-order chi connectivity index (χ0) is 27.0. The van der Waals surface area contributed by atoms with Crippen LogP contribution in [0.25, 0.3) is 0 Å². The van der Waals surface area contributed by atoms with Crippen LogP contribution >= 0.6 is 0 Å². The predicted molar refractivity (Wildman–Crippen MR) is 140 cm³/mol. The molecule has 198 valence electrons. The van der Waals surface area contributed by atoms with Crippen LogP contribution in [0.15, 0.2) is 54.7 Å². The summed E-state index contributed by atoms with van der Waals surface area (Å²) in [6.07, 6.45) is 0.645. The zero-order valence-corrected chi connectivity index (χ0v) is 21.3. The van der Waals surface area contributed by atoms with Crippen LogP contribution in [0.2, 0.25) is 0 Å². The smallest absolute Gasteiger partial charge is 0.315 e. The Morgan fingerprint density at radius 3 is 2.41 bits per heavy atom. The van der Waals surface area contributed by atoms with Gasteiger partial charge in [0, 0.05) is 24.2 Å². The quantitative estimate of drug-likeness (QED) is 0.173. The molecule has 2 aromatic carbocycles.